The molecule has 3 aromatic rings. The molecule has 0 spiro atoms. The van der Waals surface area contributed by atoms with Crippen LogP contribution >= 0.6 is 0 Å². The Balaban J connectivity index is 2.27. The maximum Gasteiger partial charge on any atom is 0.343 e. The van der Waals surface area contributed by atoms with E-state index in [1.165, 1.54) is 21.3 Å². The van der Waals surface area contributed by atoms with Crippen molar-refractivity contribution in [1.82, 2.24) is 0 Å². The first-order valence-corrected chi connectivity index (χ1v) is 8.89. The molecule has 2 aromatic carbocycles. The fraction of sp³-hybridized carbons (Fsp3) is 0.273. The lowest BCUT2D eigenvalue weighted by Crippen LogP contribution is -2.17. The number of hydrogen-bond acceptors (Lipinski definition) is 7. The number of esters is 1. The van der Waals surface area contributed by atoms with Crippen LogP contribution in [0.5, 0.6) is 17.2 Å². The van der Waals surface area contributed by atoms with E-state index in [0.29, 0.717) is 28.0 Å². The second-order valence-electron chi connectivity index (χ2n) is 6.46. The predicted octanol–water partition coefficient (Wildman–Crippen LogP) is 3.65. The number of carbonyl (C=O) groups is 1. The van der Waals surface area contributed by atoms with E-state index in [9.17, 15) is 9.59 Å². The molecule has 0 aliphatic carbocycles. The zero-order valence-corrected chi connectivity index (χ0v) is 17.0. The van der Waals surface area contributed by atoms with Gasteiger partial charge in [-0.2, -0.15) is 0 Å². The molecule has 0 bridgehead atoms. The van der Waals surface area contributed by atoms with Crippen LogP contribution in [-0.4, -0.2) is 33.9 Å². The maximum absolute atomic E-state index is 13.2. The highest BCUT2D eigenvalue weighted by Gasteiger charge is 2.21. The third-order valence-corrected chi connectivity index (χ3v) is 4.67. The number of hydrogen-bond donors (Lipinski definition) is 0. The van der Waals surface area contributed by atoms with Crippen molar-refractivity contribution in [2.45, 2.75) is 13.8 Å². The zero-order chi connectivity index (χ0) is 21.1. The van der Waals surface area contributed by atoms with Gasteiger partial charge in [0.25, 0.3) is 0 Å². The number of carbonyl (C=O) groups excluding carboxylic acids is 1. The number of methoxy groups -OCH3 is 3. The topological polar surface area (TPSA) is 84.2 Å². The van der Waals surface area contributed by atoms with Gasteiger partial charge in [-0.1, -0.05) is 0 Å². The van der Waals surface area contributed by atoms with Crippen molar-refractivity contribution in [1.29, 1.82) is 0 Å². The average molecular weight is 398 g/mol. The van der Waals surface area contributed by atoms with Gasteiger partial charge < -0.3 is 23.4 Å². The van der Waals surface area contributed by atoms with Crippen molar-refractivity contribution < 1.29 is 28.2 Å². The van der Waals surface area contributed by atoms with Gasteiger partial charge in [0.2, 0.25) is 11.2 Å². The molecule has 0 amide bonds. The molecule has 152 valence electrons. The summed E-state index contributed by atoms with van der Waals surface area (Å²) in [5, 5.41) is 0.372. The zero-order valence-electron chi connectivity index (χ0n) is 17.0. The summed E-state index contributed by atoms with van der Waals surface area (Å²) in [7, 11) is 4.29. The Hall–Kier alpha value is -3.48. The molecule has 0 atom stereocenters. The Bertz CT molecular complexity index is 1130. The number of ether oxygens (including phenoxy) is 4. The van der Waals surface area contributed by atoms with Crippen molar-refractivity contribution in [2.75, 3.05) is 27.9 Å². The van der Waals surface area contributed by atoms with Gasteiger partial charge in [0, 0.05) is 5.56 Å². The van der Waals surface area contributed by atoms with Crippen molar-refractivity contribution in [3.05, 3.63) is 51.7 Å². The second kappa shape index (κ2) is 8.26. The number of benzene rings is 2. The summed E-state index contributed by atoms with van der Waals surface area (Å²) in [5.41, 5.74) is 2.53. The molecule has 1 aromatic heterocycles. The van der Waals surface area contributed by atoms with E-state index in [4.69, 9.17) is 18.6 Å². The van der Waals surface area contributed by atoms with Gasteiger partial charge in [0.1, 0.15) is 5.58 Å². The maximum atomic E-state index is 13.2. The van der Waals surface area contributed by atoms with Gasteiger partial charge in [-0.15, -0.1) is 0 Å². The van der Waals surface area contributed by atoms with E-state index < -0.39 is 12.6 Å². The lowest BCUT2D eigenvalue weighted by Gasteiger charge is -2.14. The first-order chi connectivity index (χ1) is 13.9. The smallest absolute Gasteiger partial charge is 0.343 e. The molecule has 0 aliphatic rings. The lowest BCUT2D eigenvalue weighted by molar-refractivity contribution is -0.142. The van der Waals surface area contributed by atoms with Crippen LogP contribution in [0, 0.1) is 13.8 Å². The Morgan fingerprint density at radius 2 is 1.66 bits per heavy atom. The molecule has 0 N–H and O–H groups in total. The molecular formula is C22H22O7. The highest BCUT2D eigenvalue weighted by molar-refractivity contribution is 5.84. The van der Waals surface area contributed by atoms with Crippen LogP contribution in [0.2, 0.25) is 0 Å². The van der Waals surface area contributed by atoms with Crippen molar-refractivity contribution in [2.24, 2.45) is 0 Å². The summed E-state index contributed by atoms with van der Waals surface area (Å²) in [6, 6.07) is 8.65. The third-order valence-electron chi connectivity index (χ3n) is 4.67. The minimum atomic E-state index is -0.608. The highest BCUT2D eigenvalue weighted by Crippen LogP contribution is 2.37. The van der Waals surface area contributed by atoms with E-state index in [0.717, 1.165) is 11.1 Å². The molecule has 0 saturated carbocycles. The Morgan fingerprint density at radius 1 is 0.966 bits per heavy atom. The molecule has 7 nitrogen and oxygen atoms in total. The van der Waals surface area contributed by atoms with Crippen LogP contribution < -0.4 is 19.6 Å². The van der Waals surface area contributed by atoms with E-state index in [2.05, 4.69) is 4.74 Å². The number of fused-ring (bicyclic) bond motifs is 1. The van der Waals surface area contributed by atoms with Crippen LogP contribution in [0.15, 0.2) is 39.5 Å². The Morgan fingerprint density at radius 3 is 2.31 bits per heavy atom. The highest BCUT2D eigenvalue weighted by atomic mass is 16.6. The van der Waals surface area contributed by atoms with Crippen molar-refractivity contribution in [3.63, 3.8) is 0 Å². The van der Waals surface area contributed by atoms with E-state index in [-0.39, 0.29) is 16.9 Å². The molecule has 0 aliphatic heterocycles. The summed E-state index contributed by atoms with van der Waals surface area (Å²) in [6.07, 6.45) is 0. The lowest BCUT2D eigenvalue weighted by atomic mass is 10.0. The normalized spacial score (nSPS) is 10.7. The van der Waals surface area contributed by atoms with E-state index in [1.54, 1.807) is 30.3 Å². The van der Waals surface area contributed by atoms with Crippen LogP contribution in [0.25, 0.3) is 22.3 Å². The van der Waals surface area contributed by atoms with Crippen molar-refractivity contribution in [3.8, 4) is 28.6 Å². The molecule has 0 unspecified atom stereocenters. The minimum Gasteiger partial charge on any atom is -0.493 e. The molecule has 29 heavy (non-hydrogen) atoms. The van der Waals surface area contributed by atoms with Gasteiger partial charge in [0.15, 0.2) is 23.9 Å². The SMILES string of the molecule is COC(=O)COc1c(-c2ccc(OC)c(OC)c2)oc2cc(C)c(C)cc2c1=O. The van der Waals surface area contributed by atoms with Crippen LogP contribution in [-0.2, 0) is 9.53 Å². The molecule has 0 radical (unpaired) electrons. The van der Waals surface area contributed by atoms with Gasteiger partial charge >= 0.3 is 5.97 Å². The summed E-state index contributed by atoms with van der Waals surface area (Å²) >= 11 is 0. The standard InChI is InChI=1S/C22H22O7/c1-12-8-15-17(9-13(12)2)29-21(22(20(15)24)28-11-19(23)27-5)14-6-7-16(25-3)18(10-14)26-4/h6-10H,11H2,1-5H3. The fourth-order valence-electron chi connectivity index (χ4n) is 2.92. The predicted molar refractivity (Wildman–Crippen MR) is 108 cm³/mol. The monoisotopic (exact) mass is 398 g/mol. The second-order valence-corrected chi connectivity index (χ2v) is 6.46. The van der Waals surface area contributed by atoms with Crippen LogP contribution in [0.3, 0.4) is 0 Å². The molecule has 0 saturated heterocycles. The first kappa shape index (κ1) is 20.3. The Labute approximate surface area is 167 Å². The number of aryl methyl sites for hydroxylation is 2. The quantitative estimate of drug-likeness (QED) is 0.586. The molecule has 3 rings (SSSR count). The van der Waals surface area contributed by atoms with Gasteiger partial charge in [-0.25, -0.2) is 4.79 Å². The summed E-state index contributed by atoms with van der Waals surface area (Å²) in [4.78, 5) is 24.7. The minimum absolute atomic E-state index is 0.0710. The third kappa shape index (κ3) is 3.89. The molecular weight excluding hydrogens is 376 g/mol. The first-order valence-electron chi connectivity index (χ1n) is 8.89. The summed E-state index contributed by atoms with van der Waals surface area (Å²) < 4.78 is 26.8. The van der Waals surface area contributed by atoms with Crippen molar-refractivity contribution >= 4 is 16.9 Å². The summed E-state index contributed by atoms with van der Waals surface area (Å²) in [6.45, 7) is 3.43. The van der Waals surface area contributed by atoms with Gasteiger partial charge in [-0.05, 0) is 55.3 Å². The molecule has 0 fully saturated rings. The van der Waals surface area contributed by atoms with Crippen LogP contribution in [0.4, 0.5) is 0 Å². The molecule has 1 heterocycles. The largest absolute Gasteiger partial charge is 0.493 e. The average Bonchev–Trinajstić information content (AvgIpc) is 2.73. The molecule has 7 heteroatoms. The summed E-state index contributed by atoms with van der Waals surface area (Å²) in [5.74, 6) is 0.506. The Kier molecular flexibility index (Phi) is 5.77. The fourth-order valence-corrected chi connectivity index (χ4v) is 2.92. The van der Waals surface area contributed by atoms with E-state index in [1.807, 2.05) is 13.8 Å². The van der Waals surface area contributed by atoms with Crippen LogP contribution in [0.1, 0.15) is 11.1 Å². The number of rotatable bonds is 6. The van der Waals surface area contributed by atoms with Gasteiger partial charge in [0.05, 0.1) is 26.7 Å². The van der Waals surface area contributed by atoms with Gasteiger partial charge in [-0.3, -0.25) is 4.79 Å². The van der Waals surface area contributed by atoms with E-state index >= 15 is 0 Å².